The lowest BCUT2D eigenvalue weighted by Gasteiger charge is -2.16. The highest BCUT2D eigenvalue weighted by Gasteiger charge is 2.42. The minimum Gasteiger partial charge on any atom is -0.481 e. The van der Waals surface area contributed by atoms with Crippen LogP contribution < -0.4 is 10.6 Å². The highest BCUT2D eigenvalue weighted by Crippen LogP contribution is 2.33. The number of rotatable bonds is 5. The second kappa shape index (κ2) is 6.30. The molecule has 0 aromatic carbocycles. The van der Waals surface area contributed by atoms with Crippen molar-refractivity contribution in [2.45, 2.75) is 43.0 Å². The van der Waals surface area contributed by atoms with Crippen molar-refractivity contribution in [1.82, 2.24) is 10.6 Å². The molecule has 0 aliphatic carbocycles. The lowest BCUT2D eigenvalue weighted by molar-refractivity contribution is -0.137. The number of aliphatic carboxylic acids is 1. The second-order valence-corrected chi connectivity index (χ2v) is 5.53. The molecule has 17 heavy (non-hydrogen) atoms. The van der Waals surface area contributed by atoms with Crippen LogP contribution in [0.4, 0.5) is 4.79 Å². The number of carboxylic acids is 1. The number of fused-ring (bicyclic) bond motifs is 1. The van der Waals surface area contributed by atoms with E-state index in [0.29, 0.717) is 5.25 Å². The lowest BCUT2D eigenvalue weighted by Crippen LogP contribution is -2.36. The first kappa shape index (κ1) is 14.4. The van der Waals surface area contributed by atoms with Crippen molar-refractivity contribution in [1.29, 1.82) is 0 Å². The maximum absolute atomic E-state index is 11.1. The average molecular weight is 276 g/mol. The van der Waals surface area contributed by atoms with E-state index in [-0.39, 0.29) is 35.5 Å². The van der Waals surface area contributed by atoms with E-state index < -0.39 is 5.97 Å². The predicted molar refractivity (Wildman–Crippen MR) is 72.9 cm³/mol. The van der Waals surface area contributed by atoms with Gasteiger partial charge in [-0.05, 0) is 23.8 Å². The number of thioether (sulfide) groups is 1. The summed E-state index contributed by atoms with van der Waals surface area (Å²) in [6.07, 6.45) is 2.88. The van der Waals surface area contributed by atoms with Gasteiger partial charge in [0.25, 0.3) is 0 Å². The molecule has 98 valence electrons. The van der Waals surface area contributed by atoms with Crippen LogP contribution in [-0.2, 0) is 4.79 Å². The molecule has 2 aliphatic rings. The van der Waals surface area contributed by atoms with Crippen LogP contribution in [0.5, 0.6) is 0 Å². The molecular formula is C10H20N2O3SSi. The van der Waals surface area contributed by atoms with Gasteiger partial charge in [0.1, 0.15) is 0 Å². The second-order valence-electron chi connectivity index (χ2n) is 4.26. The van der Waals surface area contributed by atoms with Gasteiger partial charge < -0.3 is 15.7 Å². The van der Waals surface area contributed by atoms with Crippen LogP contribution in [0.15, 0.2) is 0 Å². The summed E-state index contributed by atoms with van der Waals surface area (Å²) in [5, 5.41) is 14.8. The maximum Gasteiger partial charge on any atom is 0.315 e. The van der Waals surface area contributed by atoms with Gasteiger partial charge >= 0.3 is 12.0 Å². The summed E-state index contributed by atoms with van der Waals surface area (Å²) in [4.78, 5) is 21.5. The molecule has 7 heteroatoms. The number of urea groups is 1. The number of hydrogen-bond acceptors (Lipinski definition) is 3. The molecule has 0 radical (unpaired) electrons. The van der Waals surface area contributed by atoms with Gasteiger partial charge in [-0.1, -0.05) is 6.42 Å². The fraction of sp³-hybridized carbons (Fsp3) is 0.800. The molecule has 0 aromatic rings. The summed E-state index contributed by atoms with van der Waals surface area (Å²) >= 11 is 1.87. The topological polar surface area (TPSA) is 78.4 Å². The zero-order chi connectivity index (χ0) is 11.5. The van der Waals surface area contributed by atoms with E-state index in [1.54, 1.807) is 0 Å². The Morgan fingerprint density at radius 2 is 2.18 bits per heavy atom. The van der Waals surface area contributed by atoms with Gasteiger partial charge in [-0.3, -0.25) is 4.79 Å². The Balaban J connectivity index is 0.00000144. The van der Waals surface area contributed by atoms with Gasteiger partial charge in [0.2, 0.25) is 0 Å². The van der Waals surface area contributed by atoms with Crippen molar-refractivity contribution in [3.05, 3.63) is 0 Å². The zero-order valence-corrected chi connectivity index (χ0v) is 9.76. The van der Waals surface area contributed by atoms with Crippen molar-refractivity contribution >= 4 is 34.7 Å². The Hall–Kier alpha value is -0.693. The van der Waals surface area contributed by atoms with E-state index in [4.69, 9.17) is 5.11 Å². The standard InChI is InChI=1S/C10H16N2O3S.H4Si/c13-8(14)4-2-1-3-7-9-6(5-16-7)11-10(15)12-9;/h6-7,9H,1-5H2,(H,13,14)(H2,11,12,15);1H4/t6-,7-,9-;/m0./s1. The lowest BCUT2D eigenvalue weighted by atomic mass is 10.0. The van der Waals surface area contributed by atoms with Crippen LogP contribution >= 0.6 is 11.8 Å². The summed E-state index contributed by atoms with van der Waals surface area (Å²) < 4.78 is 0. The molecule has 0 aromatic heterocycles. The Bertz CT molecular complexity index is 303. The number of nitrogens with one attached hydrogen (secondary N) is 2. The molecule has 2 amide bonds. The van der Waals surface area contributed by atoms with Gasteiger partial charge in [0.05, 0.1) is 12.1 Å². The third-order valence-corrected chi connectivity index (χ3v) is 4.58. The zero-order valence-electron chi connectivity index (χ0n) is 8.94. The fourth-order valence-corrected chi connectivity index (χ4v) is 3.81. The number of amides is 2. The number of hydrogen-bond donors (Lipinski definition) is 3. The Morgan fingerprint density at radius 1 is 1.41 bits per heavy atom. The Labute approximate surface area is 109 Å². The molecular weight excluding hydrogens is 256 g/mol. The number of carbonyl (C=O) groups is 2. The molecule has 0 saturated carbocycles. The quantitative estimate of drug-likeness (QED) is 0.354. The van der Waals surface area contributed by atoms with Gasteiger partial charge in [0, 0.05) is 17.4 Å². The summed E-state index contributed by atoms with van der Waals surface area (Å²) in [5.74, 6) is 0.236. The molecule has 2 fully saturated rings. The van der Waals surface area contributed by atoms with Gasteiger partial charge in [-0.25, -0.2) is 4.79 Å². The Kier molecular flexibility index (Phi) is 5.32. The molecule has 3 atom stereocenters. The van der Waals surface area contributed by atoms with Crippen LogP contribution in [0.2, 0.25) is 0 Å². The van der Waals surface area contributed by atoms with E-state index >= 15 is 0 Å². The first-order valence-electron chi connectivity index (χ1n) is 5.57. The van der Waals surface area contributed by atoms with Crippen LogP contribution in [0.1, 0.15) is 25.7 Å². The molecule has 2 saturated heterocycles. The molecule has 5 nitrogen and oxygen atoms in total. The number of carbonyl (C=O) groups excluding carboxylic acids is 1. The summed E-state index contributed by atoms with van der Waals surface area (Å²) in [6.45, 7) is 0. The van der Waals surface area contributed by atoms with Crippen LogP contribution in [-0.4, -0.2) is 51.2 Å². The monoisotopic (exact) mass is 276 g/mol. The normalized spacial score (nSPS) is 30.1. The van der Waals surface area contributed by atoms with Gasteiger partial charge in [0.15, 0.2) is 0 Å². The van der Waals surface area contributed by atoms with Crippen LogP contribution in [0.25, 0.3) is 0 Å². The SMILES string of the molecule is O=C(O)CCCC[C@@H]1SC[C@@H]2NC(=O)N[C@@H]21.[SiH4]. The molecule has 2 aliphatic heterocycles. The molecule has 3 N–H and O–H groups in total. The summed E-state index contributed by atoms with van der Waals surface area (Å²) in [6, 6.07) is 0.440. The van der Waals surface area contributed by atoms with Gasteiger partial charge in [-0.15, -0.1) is 0 Å². The third kappa shape index (κ3) is 3.63. The van der Waals surface area contributed by atoms with E-state index in [9.17, 15) is 9.59 Å². The number of unbranched alkanes of at least 4 members (excludes halogenated alkanes) is 1. The van der Waals surface area contributed by atoms with Crippen molar-refractivity contribution in [3.63, 3.8) is 0 Å². The van der Waals surface area contributed by atoms with Crippen molar-refractivity contribution in [2.75, 3.05) is 5.75 Å². The summed E-state index contributed by atoms with van der Waals surface area (Å²) in [7, 11) is 0. The van der Waals surface area contributed by atoms with Crippen molar-refractivity contribution in [2.24, 2.45) is 0 Å². The first-order chi connectivity index (χ1) is 7.66. The highest BCUT2D eigenvalue weighted by molar-refractivity contribution is 8.00. The highest BCUT2D eigenvalue weighted by atomic mass is 32.2. The summed E-state index contributed by atoms with van der Waals surface area (Å²) in [5.41, 5.74) is 0. The predicted octanol–water partition coefficient (Wildman–Crippen LogP) is -0.655. The van der Waals surface area contributed by atoms with Crippen molar-refractivity contribution < 1.29 is 14.7 Å². The Morgan fingerprint density at radius 3 is 2.88 bits per heavy atom. The van der Waals surface area contributed by atoms with Gasteiger partial charge in [-0.2, -0.15) is 11.8 Å². The molecule has 0 unspecified atom stereocenters. The van der Waals surface area contributed by atoms with Crippen molar-refractivity contribution in [3.8, 4) is 0 Å². The minimum absolute atomic E-state index is 0. The van der Waals surface area contributed by atoms with E-state index in [0.717, 1.165) is 25.0 Å². The average Bonchev–Trinajstić information content (AvgIpc) is 2.72. The molecule has 2 heterocycles. The molecule has 2 rings (SSSR count). The van der Waals surface area contributed by atoms with Crippen LogP contribution in [0.3, 0.4) is 0 Å². The molecule has 0 spiro atoms. The minimum atomic E-state index is -0.729. The third-order valence-electron chi connectivity index (χ3n) is 3.07. The van der Waals surface area contributed by atoms with E-state index in [1.807, 2.05) is 11.8 Å². The van der Waals surface area contributed by atoms with E-state index in [1.165, 1.54) is 0 Å². The molecule has 0 bridgehead atoms. The first-order valence-corrected chi connectivity index (χ1v) is 6.62. The number of carboxylic acid groups (broad SMARTS) is 1. The smallest absolute Gasteiger partial charge is 0.315 e. The van der Waals surface area contributed by atoms with E-state index in [2.05, 4.69) is 10.6 Å². The largest absolute Gasteiger partial charge is 0.481 e. The maximum atomic E-state index is 11.1. The fourth-order valence-electron chi connectivity index (χ4n) is 2.26. The van der Waals surface area contributed by atoms with Crippen LogP contribution in [0, 0.1) is 0 Å².